The van der Waals surface area contributed by atoms with Crippen molar-refractivity contribution >= 4 is 22.6 Å². The number of alkyl halides is 1. The van der Waals surface area contributed by atoms with Gasteiger partial charge in [-0.2, -0.15) is 0 Å². The predicted octanol–water partition coefficient (Wildman–Crippen LogP) is 1.97. The van der Waals surface area contributed by atoms with Crippen LogP contribution in [0.4, 0.5) is 4.39 Å². The Balaban J connectivity index is 1.89. The number of benzene rings is 1. The molecule has 1 aliphatic rings. The van der Waals surface area contributed by atoms with Gasteiger partial charge in [-0.05, 0) is 36.9 Å². The number of nitrogens with one attached hydrogen (secondary N) is 1. The molecule has 2 amide bonds. The largest absolute Gasteiger partial charge is 0.493 e. The molecule has 3 atom stereocenters. The van der Waals surface area contributed by atoms with Gasteiger partial charge in [0.05, 0.1) is 18.2 Å². The van der Waals surface area contributed by atoms with Crippen molar-refractivity contribution in [2.45, 2.75) is 32.5 Å². The minimum atomic E-state index is -1.52. The number of carbonyl (C=O) groups excluding carboxylic acids is 2. The number of rotatable bonds is 7. The summed E-state index contributed by atoms with van der Waals surface area (Å²) in [5.41, 5.74) is 5.70. The van der Waals surface area contributed by atoms with Gasteiger partial charge in [0.2, 0.25) is 5.88 Å². The maximum Gasteiger partial charge on any atom is 0.255 e. The van der Waals surface area contributed by atoms with Crippen molar-refractivity contribution in [1.82, 2.24) is 10.3 Å². The summed E-state index contributed by atoms with van der Waals surface area (Å²) >= 11 is 0. The third-order valence-corrected chi connectivity index (χ3v) is 4.74. The van der Waals surface area contributed by atoms with E-state index < -0.39 is 29.9 Å². The molecule has 1 saturated heterocycles. The summed E-state index contributed by atoms with van der Waals surface area (Å²) in [6.07, 6.45) is 0.547. The van der Waals surface area contributed by atoms with Gasteiger partial charge in [-0.1, -0.05) is 6.92 Å². The van der Waals surface area contributed by atoms with E-state index in [1.54, 1.807) is 31.3 Å². The average molecular weight is 375 g/mol. The van der Waals surface area contributed by atoms with Crippen LogP contribution >= 0.6 is 0 Å². The Kier molecular flexibility index (Phi) is 5.43. The predicted molar refractivity (Wildman–Crippen MR) is 97.5 cm³/mol. The number of hydrogen-bond donors (Lipinski definition) is 2. The Bertz CT molecular complexity index is 873. The highest BCUT2D eigenvalue weighted by Gasteiger charge is 2.41. The highest BCUT2D eigenvalue weighted by atomic mass is 19.1. The maximum atomic E-state index is 13.9. The van der Waals surface area contributed by atoms with E-state index in [-0.39, 0.29) is 12.2 Å². The lowest BCUT2D eigenvalue weighted by Crippen LogP contribution is -2.34. The van der Waals surface area contributed by atoms with E-state index in [1.165, 1.54) is 0 Å². The van der Waals surface area contributed by atoms with E-state index in [9.17, 15) is 14.0 Å². The first-order chi connectivity index (χ1) is 13.0. The normalized spacial score (nSPS) is 21.9. The van der Waals surface area contributed by atoms with E-state index in [4.69, 9.17) is 15.2 Å². The topological polar surface area (TPSA) is 104 Å². The Hall–Kier alpha value is -2.90. The van der Waals surface area contributed by atoms with Crippen molar-refractivity contribution in [1.29, 1.82) is 0 Å². The molecule has 3 rings (SSSR count). The van der Waals surface area contributed by atoms with Crippen LogP contribution in [0.15, 0.2) is 24.4 Å². The van der Waals surface area contributed by atoms with Crippen molar-refractivity contribution in [3.63, 3.8) is 0 Å². The summed E-state index contributed by atoms with van der Waals surface area (Å²) in [6.45, 7) is 4.10. The van der Waals surface area contributed by atoms with Crippen LogP contribution in [0.5, 0.6) is 11.6 Å². The number of nitrogens with two attached hydrogens (primary N) is 1. The standard InChI is InChI=1S/C19H22FN3O4/c1-3-11-14(23-18(25)16(11)20)9-27-19-12-8-15(26-4-2)13(17(21)24)7-10(12)5-6-22-19/h5-8,11,14,16H,3-4,9H2,1-2H3,(H2,21,24)(H,23,25). The highest BCUT2D eigenvalue weighted by molar-refractivity contribution is 6.01. The molecule has 2 aromatic rings. The third-order valence-electron chi connectivity index (χ3n) is 4.74. The number of nitrogens with zero attached hydrogens (tertiary/aromatic N) is 1. The zero-order chi connectivity index (χ0) is 19.6. The van der Waals surface area contributed by atoms with Gasteiger partial charge in [0.1, 0.15) is 12.4 Å². The van der Waals surface area contributed by atoms with Gasteiger partial charge in [-0.15, -0.1) is 0 Å². The molecule has 1 aliphatic heterocycles. The van der Waals surface area contributed by atoms with Crippen LogP contribution in [0, 0.1) is 5.92 Å². The van der Waals surface area contributed by atoms with Crippen molar-refractivity contribution < 1.29 is 23.5 Å². The summed E-state index contributed by atoms with van der Waals surface area (Å²) in [7, 11) is 0. The minimum Gasteiger partial charge on any atom is -0.493 e. The molecule has 3 unspecified atom stereocenters. The molecule has 0 saturated carbocycles. The number of carbonyl (C=O) groups is 2. The molecule has 0 aliphatic carbocycles. The quantitative estimate of drug-likeness (QED) is 0.770. The molecule has 1 aromatic heterocycles. The Labute approximate surface area is 156 Å². The molecule has 2 heterocycles. The first-order valence-corrected chi connectivity index (χ1v) is 8.88. The molecule has 27 heavy (non-hydrogen) atoms. The first kappa shape index (κ1) is 18.9. The second kappa shape index (κ2) is 7.77. The summed E-state index contributed by atoms with van der Waals surface area (Å²) in [5.74, 6) is -0.970. The zero-order valence-electron chi connectivity index (χ0n) is 15.2. The van der Waals surface area contributed by atoms with Crippen LogP contribution in [-0.4, -0.2) is 42.2 Å². The van der Waals surface area contributed by atoms with E-state index in [0.29, 0.717) is 35.4 Å². The van der Waals surface area contributed by atoms with Gasteiger partial charge in [0.25, 0.3) is 11.8 Å². The van der Waals surface area contributed by atoms with Crippen molar-refractivity contribution in [3.05, 3.63) is 30.0 Å². The van der Waals surface area contributed by atoms with E-state index in [0.717, 1.165) is 0 Å². The zero-order valence-corrected chi connectivity index (χ0v) is 15.2. The summed E-state index contributed by atoms with van der Waals surface area (Å²) in [6, 6.07) is 4.59. The van der Waals surface area contributed by atoms with Crippen molar-refractivity contribution in [2.24, 2.45) is 11.7 Å². The van der Waals surface area contributed by atoms with Gasteiger partial charge >= 0.3 is 0 Å². The lowest BCUT2D eigenvalue weighted by molar-refractivity contribution is -0.123. The van der Waals surface area contributed by atoms with Gasteiger partial charge in [0.15, 0.2) is 6.17 Å². The molecule has 1 aromatic carbocycles. The summed E-state index contributed by atoms with van der Waals surface area (Å²) in [4.78, 5) is 27.5. The van der Waals surface area contributed by atoms with Gasteiger partial charge < -0.3 is 20.5 Å². The Morgan fingerprint density at radius 2 is 2.11 bits per heavy atom. The second-order valence-corrected chi connectivity index (χ2v) is 6.38. The number of primary amides is 1. The van der Waals surface area contributed by atoms with E-state index >= 15 is 0 Å². The van der Waals surface area contributed by atoms with E-state index in [1.807, 2.05) is 6.92 Å². The maximum absolute atomic E-state index is 13.9. The Morgan fingerprint density at radius 3 is 2.78 bits per heavy atom. The lowest BCUT2D eigenvalue weighted by Gasteiger charge is -2.19. The first-order valence-electron chi connectivity index (χ1n) is 8.88. The second-order valence-electron chi connectivity index (χ2n) is 6.38. The highest BCUT2D eigenvalue weighted by Crippen LogP contribution is 2.31. The lowest BCUT2D eigenvalue weighted by atomic mass is 9.97. The number of fused-ring (bicyclic) bond motifs is 1. The van der Waals surface area contributed by atoms with Crippen LogP contribution in [-0.2, 0) is 4.79 Å². The fourth-order valence-electron chi connectivity index (χ4n) is 3.35. The third kappa shape index (κ3) is 3.65. The van der Waals surface area contributed by atoms with E-state index in [2.05, 4.69) is 10.3 Å². The number of ether oxygens (including phenoxy) is 2. The van der Waals surface area contributed by atoms with Crippen LogP contribution in [0.3, 0.4) is 0 Å². The van der Waals surface area contributed by atoms with Crippen LogP contribution < -0.4 is 20.5 Å². The minimum absolute atomic E-state index is 0.0956. The molecular weight excluding hydrogens is 353 g/mol. The van der Waals surface area contributed by atoms with Crippen LogP contribution in [0.2, 0.25) is 0 Å². The molecule has 3 N–H and O–H groups in total. The van der Waals surface area contributed by atoms with Crippen LogP contribution in [0.25, 0.3) is 10.8 Å². The van der Waals surface area contributed by atoms with Crippen molar-refractivity contribution in [2.75, 3.05) is 13.2 Å². The van der Waals surface area contributed by atoms with Crippen molar-refractivity contribution in [3.8, 4) is 11.6 Å². The molecule has 7 nitrogen and oxygen atoms in total. The molecule has 0 radical (unpaired) electrons. The van der Waals surface area contributed by atoms with Gasteiger partial charge in [-0.25, -0.2) is 9.37 Å². The van der Waals surface area contributed by atoms with Gasteiger partial charge in [0, 0.05) is 17.5 Å². The molecule has 1 fully saturated rings. The summed E-state index contributed by atoms with van der Waals surface area (Å²) in [5, 5.41) is 3.98. The molecule has 144 valence electrons. The number of amides is 2. The van der Waals surface area contributed by atoms with Gasteiger partial charge in [-0.3, -0.25) is 9.59 Å². The number of pyridine rings is 1. The van der Waals surface area contributed by atoms with Crippen LogP contribution in [0.1, 0.15) is 30.6 Å². The fraction of sp³-hybridized carbons (Fsp3) is 0.421. The number of hydrogen-bond acceptors (Lipinski definition) is 5. The number of halogens is 1. The summed E-state index contributed by atoms with van der Waals surface area (Å²) < 4.78 is 25.2. The molecule has 8 heteroatoms. The molecule has 0 bridgehead atoms. The SMILES string of the molecule is CCOc1cc2c(OCC3NC(=O)C(F)C3CC)nccc2cc1C(N)=O. The number of aromatic nitrogens is 1. The average Bonchev–Trinajstić information content (AvgIpc) is 2.92. The smallest absolute Gasteiger partial charge is 0.255 e. The molecular formula is C19H22FN3O4. The Morgan fingerprint density at radius 1 is 1.33 bits per heavy atom. The molecule has 0 spiro atoms. The fourth-order valence-corrected chi connectivity index (χ4v) is 3.35. The monoisotopic (exact) mass is 375 g/mol.